The highest BCUT2D eigenvalue weighted by Crippen LogP contribution is 2.42. The minimum Gasteiger partial charge on any atom is -0.306 e. The number of thiophene rings is 1. The van der Waals surface area contributed by atoms with Gasteiger partial charge in [-0.05, 0) is 37.1 Å². The Morgan fingerprint density at radius 2 is 2.47 bits per heavy atom. The first-order valence-electron chi connectivity index (χ1n) is 5.54. The van der Waals surface area contributed by atoms with Crippen molar-refractivity contribution in [1.82, 2.24) is 5.32 Å². The van der Waals surface area contributed by atoms with Gasteiger partial charge in [0.25, 0.3) is 0 Å². The average Bonchev–Trinajstić information content (AvgIpc) is 2.90. The summed E-state index contributed by atoms with van der Waals surface area (Å²) in [7, 11) is 0. The van der Waals surface area contributed by atoms with Crippen molar-refractivity contribution in [2.24, 2.45) is 5.92 Å². The van der Waals surface area contributed by atoms with Crippen LogP contribution in [0.3, 0.4) is 0 Å². The van der Waals surface area contributed by atoms with Crippen LogP contribution >= 0.6 is 11.3 Å². The summed E-state index contributed by atoms with van der Waals surface area (Å²) in [6.45, 7) is 2.17. The lowest BCUT2D eigenvalue weighted by molar-refractivity contribution is 0.428. The van der Waals surface area contributed by atoms with Crippen LogP contribution in [0, 0.1) is 18.3 Å². The van der Waals surface area contributed by atoms with Crippen LogP contribution in [0.25, 0.3) is 0 Å². The molecule has 1 heterocycles. The molecule has 1 fully saturated rings. The van der Waals surface area contributed by atoms with Crippen LogP contribution in [-0.2, 0) is 0 Å². The summed E-state index contributed by atoms with van der Waals surface area (Å²) >= 11 is 1.85. The first-order valence-corrected chi connectivity index (χ1v) is 6.42. The Kier molecular flexibility index (Phi) is 3.45. The molecule has 1 aliphatic rings. The summed E-state index contributed by atoms with van der Waals surface area (Å²) in [4.78, 5) is 1.46. The predicted octanol–water partition coefficient (Wildman–Crippen LogP) is 3.20. The van der Waals surface area contributed by atoms with E-state index in [1.54, 1.807) is 0 Å². The number of terminal acetylenes is 1. The molecule has 0 spiro atoms. The second-order valence-electron chi connectivity index (χ2n) is 4.31. The van der Waals surface area contributed by atoms with E-state index in [4.69, 9.17) is 6.42 Å². The van der Waals surface area contributed by atoms with Gasteiger partial charge in [0.2, 0.25) is 0 Å². The van der Waals surface area contributed by atoms with E-state index in [1.165, 1.54) is 17.7 Å². The zero-order chi connectivity index (χ0) is 10.7. The Hall–Kier alpha value is -0.780. The van der Waals surface area contributed by atoms with Crippen molar-refractivity contribution in [3.8, 4) is 12.3 Å². The third-order valence-electron chi connectivity index (χ3n) is 2.83. The molecule has 0 aliphatic heterocycles. The second kappa shape index (κ2) is 4.83. The van der Waals surface area contributed by atoms with Gasteiger partial charge in [0.05, 0.1) is 0 Å². The molecule has 0 radical (unpaired) electrons. The van der Waals surface area contributed by atoms with Crippen LogP contribution in [-0.4, -0.2) is 6.04 Å². The lowest BCUT2D eigenvalue weighted by atomic mass is 10.1. The predicted molar refractivity (Wildman–Crippen MR) is 65.8 cm³/mol. The van der Waals surface area contributed by atoms with E-state index >= 15 is 0 Å². The highest BCUT2D eigenvalue weighted by Gasteiger charge is 2.33. The van der Waals surface area contributed by atoms with Crippen LogP contribution in [0.4, 0.5) is 0 Å². The van der Waals surface area contributed by atoms with Crippen molar-refractivity contribution >= 4 is 11.3 Å². The monoisotopic (exact) mass is 219 g/mol. The van der Waals surface area contributed by atoms with Gasteiger partial charge in [0.1, 0.15) is 0 Å². The molecule has 2 rings (SSSR count). The second-order valence-corrected chi connectivity index (χ2v) is 5.29. The first kappa shape index (κ1) is 10.7. The minimum absolute atomic E-state index is 0.419. The Balaban J connectivity index is 1.98. The van der Waals surface area contributed by atoms with Gasteiger partial charge >= 0.3 is 0 Å². The van der Waals surface area contributed by atoms with E-state index in [0.29, 0.717) is 12.1 Å². The van der Waals surface area contributed by atoms with E-state index in [-0.39, 0.29) is 0 Å². The molecule has 2 atom stereocenters. The molecule has 2 heteroatoms. The number of nitrogens with one attached hydrogen (secondary N) is 1. The molecule has 0 bridgehead atoms. The summed E-state index contributed by atoms with van der Waals surface area (Å²) in [5, 5.41) is 5.80. The molecule has 0 aromatic carbocycles. The van der Waals surface area contributed by atoms with E-state index in [0.717, 1.165) is 12.3 Å². The maximum atomic E-state index is 5.33. The molecule has 1 aliphatic carbocycles. The van der Waals surface area contributed by atoms with Gasteiger partial charge in [-0.3, -0.25) is 0 Å². The third kappa shape index (κ3) is 2.84. The standard InChI is InChI=1S/C13H17NS/c1-3-5-10(2)14-13(11-7-8-11)12-6-4-9-15-12/h1,4,6,9-11,13-14H,5,7-8H2,2H3. The highest BCUT2D eigenvalue weighted by molar-refractivity contribution is 7.10. The normalized spacial score (nSPS) is 19.5. The highest BCUT2D eigenvalue weighted by atomic mass is 32.1. The molecule has 80 valence electrons. The number of rotatable bonds is 5. The van der Waals surface area contributed by atoms with Crippen molar-refractivity contribution < 1.29 is 0 Å². The van der Waals surface area contributed by atoms with Gasteiger partial charge in [0, 0.05) is 23.4 Å². The quantitative estimate of drug-likeness (QED) is 0.750. The van der Waals surface area contributed by atoms with Crippen LogP contribution < -0.4 is 5.32 Å². The molecule has 2 unspecified atom stereocenters. The molecule has 1 nitrogen and oxygen atoms in total. The van der Waals surface area contributed by atoms with Crippen molar-refractivity contribution in [3.63, 3.8) is 0 Å². The molecule has 1 aromatic rings. The smallest absolute Gasteiger partial charge is 0.0445 e. The lowest BCUT2D eigenvalue weighted by Crippen LogP contribution is -2.31. The number of hydrogen-bond donors (Lipinski definition) is 1. The molecule has 1 N–H and O–H groups in total. The fraction of sp³-hybridized carbons (Fsp3) is 0.538. The maximum Gasteiger partial charge on any atom is 0.0445 e. The summed E-state index contributed by atoms with van der Waals surface area (Å²) in [5.41, 5.74) is 0. The summed E-state index contributed by atoms with van der Waals surface area (Å²) < 4.78 is 0. The Bertz CT molecular complexity index is 332. The summed E-state index contributed by atoms with van der Waals surface area (Å²) in [6.07, 6.45) is 8.86. The van der Waals surface area contributed by atoms with Gasteiger partial charge in [-0.2, -0.15) is 0 Å². The largest absolute Gasteiger partial charge is 0.306 e. The zero-order valence-electron chi connectivity index (χ0n) is 9.07. The van der Waals surface area contributed by atoms with Crippen LogP contribution in [0.2, 0.25) is 0 Å². The van der Waals surface area contributed by atoms with Gasteiger partial charge in [-0.25, -0.2) is 0 Å². The first-order chi connectivity index (χ1) is 7.31. The molecular formula is C13H17NS. The van der Waals surface area contributed by atoms with Crippen molar-refractivity contribution in [3.05, 3.63) is 22.4 Å². The fourth-order valence-electron chi connectivity index (χ4n) is 1.89. The molecule has 1 saturated carbocycles. The SMILES string of the molecule is C#CCC(C)NC(c1cccs1)C1CC1. The van der Waals surface area contributed by atoms with Crippen molar-refractivity contribution in [2.45, 2.75) is 38.3 Å². The molecule has 1 aromatic heterocycles. The molecular weight excluding hydrogens is 202 g/mol. The van der Waals surface area contributed by atoms with Gasteiger partial charge < -0.3 is 5.32 Å². The number of hydrogen-bond acceptors (Lipinski definition) is 2. The van der Waals surface area contributed by atoms with Gasteiger partial charge in [-0.1, -0.05) is 6.07 Å². The lowest BCUT2D eigenvalue weighted by Gasteiger charge is -2.21. The summed E-state index contributed by atoms with van der Waals surface area (Å²) in [6, 6.07) is 5.31. The molecule has 0 saturated heterocycles. The van der Waals surface area contributed by atoms with E-state index in [9.17, 15) is 0 Å². The van der Waals surface area contributed by atoms with Crippen LogP contribution in [0.15, 0.2) is 17.5 Å². The maximum absolute atomic E-state index is 5.33. The van der Waals surface area contributed by atoms with Crippen LogP contribution in [0.1, 0.15) is 37.1 Å². The zero-order valence-corrected chi connectivity index (χ0v) is 9.89. The average molecular weight is 219 g/mol. The van der Waals surface area contributed by atoms with E-state index < -0.39 is 0 Å². The van der Waals surface area contributed by atoms with Gasteiger partial charge in [-0.15, -0.1) is 23.7 Å². The Morgan fingerprint density at radius 1 is 1.67 bits per heavy atom. The Morgan fingerprint density at radius 3 is 3.00 bits per heavy atom. The van der Waals surface area contributed by atoms with E-state index in [1.807, 2.05) is 11.3 Å². The van der Waals surface area contributed by atoms with Crippen molar-refractivity contribution in [1.29, 1.82) is 0 Å². The van der Waals surface area contributed by atoms with Gasteiger partial charge in [0.15, 0.2) is 0 Å². The van der Waals surface area contributed by atoms with E-state index in [2.05, 4.69) is 35.7 Å². The van der Waals surface area contributed by atoms with Crippen LogP contribution in [0.5, 0.6) is 0 Å². The molecule has 0 amide bonds. The summed E-state index contributed by atoms with van der Waals surface area (Å²) in [5.74, 6) is 3.56. The molecule has 15 heavy (non-hydrogen) atoms. The minimum atomic E-state index is 0.419. The third-order valence-corrected chi connectivity index (χ3v) is 3.79. The van der Waals surface area contributed by atoms with Crippen molar-refractivity contribution in [2.75, 3.05) is 0 Å². The fourth-order valence-corrected chi connectivity index (χ4v) is 2.77. The Labute approximate surface area is 95.9 Å². The topological polar surface area (TPSA) is 12.0 Å².